The van der Waals surface area contributed by atoms with Gasteiger partial charge in [-0.15, -0.1) is 23.2 Å². The van der Waals surface area contributed by atoms with E-state index in [1.165, 1.54) is 0 Å². The molecule has 0 aliphatic carbocycles. The minimum absolute atomic E-state index is 0.203. The van der Waals surface area contributed by atoms with E-state index < -0.39 is 20.0 Å². The van der Waals surface area contributed by atoms with Crippen LogP contribution in [0.1, 0.15) is 27.7 Å². The molecule has 0 aromatic carbocycles. The minimum Gasteiger partial charge on any atom is -0.393 e. The summed E-state index contributed by atoms with van der Waals surface area (Å²) in [4.78, 5) is -0.684. The van der Waals surface area contributed by atoms with Crippen molar-refractivity contribution in [3.05, 3.63) is 0 Å². The predicted octanol–water partition coefficient (Wildman–Crippen LogP) is 2.29. The summed E-state index contributed by atoms with van der Waals surface area (Å²) in [6.45, 7) is 8.64. The maximum absolute atomic E-state index is 5.76. The monoisotopic (exact) mass is 334 g/mol. The molecule has 0 aromatic heterocycles. The summed E-state index contributed by atoms with van der Waals surface area (Å²) in [5.41, 5.74) is 0. The van der Waals surface area contributed by atoms with Crippen LogP contribution >= 0.6 is 23.2 Å². The molecule has 1 atom stereocenters. The summed E-state index contributed by atoms with van der Waals surface area (Å²) in [6.07, 6.45) is -0.454. The van der Waals surface area contributed by atoms with Crippen molar-refractivity contribution >= 4 is 42.3 Å². The van der Waals surface area contributed by atoms with Gasteiger partial charge in [-0.05, 0) is 27.7 Å². The Hall–Kier alpha value is 0.814. The fourth-order valence-corrected chi connectivity index (χ4v) is 4.18. The molecule has 108 valence electrons. The van der Waals surface area contributed by atoms with E-state index in [2.05, 4.69) is 0 Å². The van der Waals surface area contributed by atoms with Gasteiger partial charge in [0, 0.05) is 19.8 Å². The first-order valence-electron chi connectivity index (χ1n) is 5.79. The summed E-state index contributed by atoms with van der Waals surface area (Å²) in [6, 6.07) is 0. The molecule has 0 saturated heterocycles. The van der Waals surface area contributed by atoms with Crippen LogP contribution in [0.25, 0.3) is 0 Å². The van der Waals surface area contributed by atoms with Crippen molar-refractivity contribution in [2.24, 2.45) is 0 Å². The second kappa shape index (κ2) is 10.6. The molecule has 0 aromatic rings. The van der Waals surface area contributed by atoms with E-state index in [1.807, 2.05) is 20.8 Å². The smallest absolute Gasteiger partial charge is 0.393 e. The molecule has 0 aliphatic rings. The Labute approximate surface area is 123 Å². The summed E-state index contributed by atoms with van der Waals surface area (Å²) in [5.74, 6) is 0. The second-order valence-corrected chi connectivity index (χ2v) is 7.39. The maximum atomic E-state index is 5.76. The SMILES string of the molecule is CCO[Si]O[Si](OCC)(OCC)OC(C)C(Cl)Cl. The number of halogens is 2. The first kappa shape index (κ1) is 18.8. The third kappa shape index (κ3) is 7.41. The van der Waals surface area contributed by atoms with E-state index in [1.54, 1.807) is 6.92 Å². The first-order chi connectivity index (χ1) is 8.51. The van der Waals surface area contributed by atoms with Gasteiger partial charge in [0.15, 0.2) is 0 Å². The standard InChI is InChI=1S/C9H20Cl2O5Si2/c1-5-12-17-16-18(13-6-2,14-7-3)15-8(4)9(10)11/h8-9H,5-7H2,1-4H3. The fourth-order valence-electron chi connectivity index (χ4n) is 0.965. The summed E-state index contributed by atoms with van der Waals surface area (Å²) in [7, 11) is -3.44. The van der Waals surface area contributed by atoms with Gasteiger partial charge in [-0.1, -0.05) is 0 Å². The van der Waals surface area contributed by atoms with Crippen LogP contribution < -0.4 is 0 Å². The van der Waals surface area contributed by atoms with E-state index >= 15 is 0 Å². The molecule has 5 nitrogen and oxygen atoms in total. The number of alkyl halides is 2. The minimum atomic E-state index is -3.24. The Morgan fingerprint density at radius 1 is 1.06 bits per heavy atom. The zero-order chi connectivity index (χ0) is 14.0. The molecule has 0 aliphatic heterocycles. The van der Waals surface area contributed by atoms with Crippen molar-refractivity contribution < 1.29 is 21.8 Å². The molecular formula is C9H20Cl2O5Si2. The van der Waals surface area contributed by atoms with Crippen molar-refractivity contribution in [1.29, 1.82) is 0 Å². The molecule has 0 fully saturated rings. The van der Waals surface area contributed by atoms with Crippen LogP contribution in [-0.2, 0) is 21.8 Å². The van der Waals surface area contributed by atoms with Crippen molar-refractivity contribution in [3.8, 4) is 0 Å². The average molecular weight is 335 g/mol. The van der Waals surface area contributed by atoms with Gasteiger partial charge >= 0.3 is 19.1 Å². The molecule has 0 amide bonds. The molecule has 2 radical (unpaired) electrons. The first-order valence-corrected chi connectivity index (χ1v) is 9.12. The van der Waals surface area contributed by atoms with Gasteiger partial charge in [0.25, 0.3) is 0 Å². The van der Waals surface area contributed by atoms with E-state index in [0.29, 0.717) is 19.8 Å². The molecule has 1 unspecified atom stereocenters. The van der Waals surface area contributed by atoms with Crippen LogP contribution in [0.5, 0.6) is 0 Å². The van der Waals surface area contributed by atoms with Crippen molar-refractivity contribution in [2.45, 2.75) is 38.6 Å². The predicted molar refractivity (Wildman–Crippen MR) is 73.5 cm³/mol. The second-order valence-electron chi connectivity index (χ2n) is 3.14. The van der Waals surface area contributed by atoms with Gasteiger partial charge < -0.3 is 21.8 Å². The van der Waals surface area contributed by atoms with Crippen LogP contribution in [0.3, 0.4) is 0 Å². The molecule has 9 heteroatoms. The normalized spacial score (nSPS) is 14.2. The zero-order valence-electron chi connectivity index (χ0n) is 11.1. The van der Waals surface area contributed by atoms with E-state index in [0.717, 1.165) is 0 Å². The van der Waals surface area contributed by atoms with Crippen LogP contribution in [-0.4, -0.2) is 49.8 Å². The Bertz CT molecular complexity index is 205. The lowest BCUT2D eigenvalue weighted by atomic mass is 10.5. The third-order valence-electron chi connectivity index (χ3n) is 1.70. The van der Waals surface area contributed by atoms with Crippen LogP contribution in [0.2, 0.25) is 0 Å². The maximum Gasteiger partial charge on any atom is 0.670 e. The van der Waals surface area contributed by atoms with Crippen molar-refractivity contribution in [2.75, 3.05) is 19.8 Å². The lowest BCUT2D eigenvalue weighted by molar-refractivity contribution is -0.0172. The highest BCUT2D eigenvalue weighted by Crippen LogP contribution is 2.19. The Balaban J connectivity index is 4.60. The van der Waals surface area contributed by atoms with Crippen LogP contribution in [0.15, 0.2) is 0 Å². The molecule has 0 heterocycles. The number of hydrogen-bond donors (Lipinski definition) is 0. The van der Waals surface area contributed by atoms with Gasteiger partial charge in [-0.2, -0.15) is 0 Å². The zero-order valence-corrected chi connectivity index (χ0v) is 14.6. The lowest BCUT2D eigenvalue weighted by Gasteiger charge is -2.30. The van der Waals surface area contributed by atoms with Crippen molar-refractivity contribution in [3.63, 3.8) is 0 Å². The number of rotatable bonds is 11. The highest BCUT2D eigenvalue weighted by molar-refractivity contribution is 6.59. The van der Waals surface area contributed by atoms with Crippen molar-refractivity contribution in [1.82, 2.24) is 0 Å². The van der Waals surface area contributed by atoms with E-state index in [4.69, 9.17) is 45.0 Å². The van der Waals surface area contributed by atoms with E-state index in [-0.39, 0.29) is 10.0 Å². The van der Waals surface area contributed by atoms with Crippen LogP contribution in [0, 0.1) is 0 Å². The Kier molecular flexibility index (Phi) is 11.1. The molecule has 0 N–H and O–H groups in total. The average Bonchev–Trinajstić information content (AvgIpc) is 2.29. The lowest BCUT2D eigenvalue weighted by Crippen LogP contribution is -2.53. The van der Waals surface area contributed by atoms with Gasteiger partial charge in [0.1, 0.15) is 4.84 Å². The van der Waals surface area contributed by atoms with Gasteiger partial charge in [-0.3, -0.25) is 0 Å². The highest BCUT2D eigenvalue weighted by atomic mass is 35.5. The molecular weight excluding hydrogens is 315 g/mol. The third-order valence-corrected chi connectivity index (χ3v) is 6.09. The molecule has 0 rings (SSSR count). The molecule has 18 heavy (non-hydrogen) atoms. The summed E-state index contributed by atoms with van der Waals surface area (Å²) in [5, 5.41) is 0. The summed E-state index contributed by atoms with van der Waals surface area (Å²) >= 11 is 11.5. The summed E-state index contributed by atoms with van der Waals surface area (Å²) < 4.78 is 27.4. The highest BCUT2D eigenvalue weighted by Gasteiger charge is 2.47. The quantitative estimate of drug-likeness (QED) is 0.329. The van der Waals surface area contributed by atoms with Gasteiger partial charge in [-0.25, -0.2) is 0 Å². The topological polar surface area (TPSA) is 46.2 Å². The Morgan fingerprint density at radius 2 is 1.61 bits per heavy atom. The largest absolute Gasteiger partial charge is 0.670 e. The molecule has 0 saturated carbocycles. The van der Waals surface area contributed by atoms with Crippen LogP contribution in [0.4, 0.5) is 0 Å². The fraction of sp³-hybridized carbons (Fsp3) is 1.00. The van der Waals surface area contributed by atoms with Gasteiger partial charge in [0.05, 0.1) is 6.10 Å². The van der Waals surface area contributed by atoms with E-state index in [9.17, 15) is 0 Å². The molecule has 0 bridgehead atoms. The number of hydrogen-bond acceptors (Lipinski definition) is 5. The Morgan fingerprint density at radius 3 is 2.00 bits per heavy atom. The van der Waals surface area contributed by atoms with Gasteiger partial charge in [0.2, 0.25) is 0 Å². The molecule has 0 spiro atoms.